The minimum atomic E-state index is -4.88. The Labute approximate surface area is 139 Å². The number of benzene rings is 1. The number of hydrogen-bond acceptors (Lipinski definition) is 5. The first-order valence-electron chi connectivity index (χ1n) is 6.49. The lowest BCUT2D eigenvalue weighted by Crippen LogP contribution is -2.20. The molecular weight excluding hydrogens is 404 g/mol. The van der Waals surface area contributed by atoms with Crippen molar-refractivity contribution < 1.29 is 36.3 Å². The average Bonchev–Trinajstić information content (AvgIpc) is 2.48. The first kappa shape index (κ1) is 20.2. The van der Waals surface area contributed by atoms with Crippen LogP contribution in [-0.4, -0.2) is 26.3 Å². The average molecular weight is 419 g/mol. The van der Waals surface area contributed by atoms with Crippen molar-refractivity contribution in [3.63, 3.8) is 0 Å². The molecule has 0 aromatic heterocycles. The molecule has 0 bridgehead atoms. The summed E-state index contributed by atoms with van der Waals surface area (Å²) in [4.78, 5) is 11.4. The Balaban J connectivity index is 3.46. The Hall–Kier alpha value is -0.890. The van der Waals surface area contributed by atoms with Crippen molar-refractivity contribution in [2.24, 2.45) is 0 Å². The molecule has 23 heavy (non-hydrogen) atoms. The van der Waals surface area contributed by atoms with E-state index in [4.69, 9.17) is 0 Å². The van der Waals surface area contributed by atoms with Crippen LogP contribution in [-0.2, 0) is 24.0 Å². The molecule has 0 saturated carbocycles. The number of esters is 1. The van der Waals surface area contributed by atoms with Crippen molar-refractivity contribution in [2.45, 2.75) is 19.5 Å². The summed E-state index contributed by atoms with van der Waals surface area (Å²) in [6, 6.07) is 1.23. The molecule has 0 radical (unpaired) electrons. The van der Waals surface area contributed by atoms with Crippen LogP contribution in [0.5, 0.6) is 0 Å². The summed E-state index contributed by atoms with van der Waals surface area (Å²) in [5, 5.41) is 0. The first-order valence-corrected chi connectivity index (χ1v) is 8.83. The van der Waals surface area contributed by atoms with Crippen molar-refractivity contribution in [3.8, 4) is 0 Å². The van der Waals surface area contributed by atoms with Gasteiger partial charge < -0.3 is 13.8 Å². The van der Waals surface area contributed by atoms with E-state index >= 15 is 0 Å². The summed E-state index contributed by atoms with van der Waals surface area (Å²) in [6.07, 6.45) is 0. The second kappa shape index (κ2) is 7.79. The maximum Gasteiger partial charge on any atom is 0.404 e. The van der Waals surface area contributed by atoms with Gasteiger partial charge in [0.25, 0.3) is 0 Å². The lowest BCUT2D eigenvalue weighted by molar-refractivity contribution is 0.0351. The second-order valence-electron chi connectivity index (χ2n) is 4.18. The Morgan fingerprint density at radius 1 is 1.26 bits per heavy atom. The van der Waals surface area contributed by atoms with E-state index in [0.717, 1.165) is 13.2 Å². The van der Waals surface area contributed by atoms with Crippen LogP contribution in [0.15, 0.2) is 16.6 Å². The summed E-state index contributed by atoms with van der Waals surface area (Å²) in [6.45, 7) is 2.18. The van der Waals surface area contributed by atoms with Crippen molar-refractivity contribution in [1.29, 1.82) is 0 Å². The molecule has 1 aromatic carbocycles. The van der Waals surface area contributed by atoms with Gasteiger partial charge in [0.1, 0.15) is 5.82 Å². The van der Waals surface area contributed by atoms with Gasteiger partial charge in [0, 0.05) is 4.47 Å². The molecular formula is C13H15BrF3O5P. The normalized spacial score (nSPS) is 12.3. The fourth-order valence-corrected chi connectivity index (χ4v) is 4.03. The van der Waals surface area contributed by atoms with Crippen LogP contribution in [0.3, 0.4) is 0 Å². The Kier molecular flexibility index (Phi) is 6.82. The van der Waals surface area contributed by atoms with Crippen LogP contribution in [0, 0.1) is 5.82 Å². The number of carbonyl (C=O) groups excluding carboxylic acids is 1. The molecule has 0 spiro atoms. The molecule has 0 N–H and O–H groups in total. The van der Waals surface area contributed by atoms with Crippen LogP contribution >= 0.6 is 23.5 Å². The topological polar surface area (TPSA) is 61.8 Å². The fraction of sp³-hybridized carbons (Fsp3) is 0.462. The van der Waals surface area contributed by atoms with Crippen LogP contribution in [0.2, 0.25) is 0 Å². The van der Waals surface area contributed by atoms with Gasteiger partial charge in [-0.15, -0.1) is 0 Å². The molecule has 0 aliphatic carbocycles. The zero-order chi connectivity index (χ0) is 17.8. The van der Waals surface area contributed by atoms with E-state index in [2.05, 4.69) is 29.7 Å². The Morgan fingerprint density at radius 2 is 1.78 bits per heavy atom. The number of halogens is 4. The maximum atomic E-state index is 14.6. The van der Waals surface area contributed by atoms with E-state index in [9.17, 15) is 22.5 Å². The van der Waals surface area contributed by atoms with Crippen LogP contribution in [0.4, 0.5) is 13.2 Å². The SMILES string of the molecule is CCOP(=O)(OCC)C(F)(F)c1cc(F)c(C(=O)OC)cc1Br. The first-order chi connectivity index (χ1) is 10.6. The number of methoxy groups -OCH3 is 1. The number of ether oxygens (including phenoxy) is 1. The molecule has 0 aliphatic rings. The highest BCUT2D eigenvalue weighted by Crippen LogP contribution is 2.67. The summed E-state index contributed by atoms with van der Waals surface area (Å²) >= 11 is 2.82. The highest BCUT2D eigenvalue weighted by molar-refractivity contribution is 9.10. The lowest BCUT2D eigenvalue weighted by atomic mass is 10.1. The van der Waals surface area contributed by atoms with Gasteiger partial charge in [0.2, 0.25) is 0 Å². The smallest absolute Gasteiger partial charge is 0.404 e. The van der Waals surface area contributed by atoms with Crippen LogP contribution in [0.25, 0.3) is 0 Å². The number of alkyl halides is 2. The van der Waals surface area contributed by atoms with Crippen molar-refractivity contribution in [2.75, 3.05) is 20.3 Å². The fourth-order valence-electron chi connectivity index (χ4n) is 1.73. The van der Waals surface area contributed by atoms with Gasteiger partial charge >= 0.3 is 19.2 Å². The quantitative estimate of drug-likeness (QED) is 0.474. The number of carbonyl (C=O) groups is 1. The molecule has 0 heterocycles. The minimum absolute atomic E-state index is 0.285. The lowest BCUT2D eigenvalue weighted by Gasteiger charge is -2.26. The Morgan fingerprint density at radius 3 is 2.22 bits per heavy atom. The van der Waals surface area contributed by atoms with Gasteiger partial charge in [-0.3, -0.25) is 4.57 Å². The van der Waals surface area contributed by atoms with E-state index in [1.807, 2.05) is 0 Å². The van der Waals surface area contributed by atoms with E-state index in [-0.39, 0.29) is 17.7 Å². The summed E-state index contributed by atoms with van der Waals surface area (Å²) in [7, 11) is -3.86. The standard InChI is InChI=1S/C13H15BrF3O5P/c1-4-21-23(19,22-5-2)13(16,17)9-7-11(15)8(6-10(9)14)12(18)20-3/h6-7H,4-5H2,1-3H3. The Bertz CT molecular complexity index is 628. The molecule has 10 heteroatoms. The molecule has 0 aliphatic heterocycles. The van der Waals surface area contributed by atoms with E-state index in [0.29, 0.717) is 6.07 Å². The second-order valence-corrected chi connectivity index (χ2v) is 7.11. The van der Waals surface area contributed by atoms with Gasteiger partial charge in [0.05, 0.1) is 31.5 Å². The van der Waals surface area contributed by atoms with Gasteiger partial charge in [-0.05, 0) is 26.0 Å². The van der Waals surface area contributed by atoms with Gasteiger partial charge in [-0.1, -0.05) is 15.9 Å². The molecule has 1 aromatic rings. The van der Waals surface area contributed by atoms with Crippen molar-refractivity contribution in [3.05, 3.63) is 33.5 Å². The van der Waals surface area contributed by atoms with Gasteiger partial charge in [-0.25, -0.2) is 9.18 Å². The molecule has 0 amide bonds. The third-order valence-corrected chi connectivity index (χ3v) is 5.51. The molecule has 0 fully saturated rings. The summed E-state index contributed by atoms with van der Waals surface area (Å²) in [5.74, 6) is -2.27. The van der Waals surface area contributed by atoms with Crippen LogP contribution < -0.4 is 0 Å². The zero-order valence-electron chi connectivity index (χ0n) is 12.6. The minimum Gasteiger partial charge on any atom is -0.465 e. The van der Waals surface area contributed by atoms with E-state index in [1.165, 1.54) is 13.8 Å². The molecule has 5 nitrogen and oxygen atoms in total. The monoisotopic (exact) mass is 418 g/mol. The van der Waals surface area contributed by atoms with E-state index < -0.39 is 36.2 Å². The number of rotatable bonds is 7. The highest BCUT2D eigenvalue weighted by Gasteiger charge is 2.56. The van der Waals surface area contributed by atoms with Crippen molar-refractivity contribution in [1.82, 2.24) is 0 Å². The molecule has 0 saturated heterocycles. The zero-order valence-corrected chi connectivity index (χ0v) is 15.0. The highest BCUT2D eigenvalue weighted by atomic mass is 79.9. The third kappa shape index (κ3) is 3.96. The predicted molar refractivity (Wildman–Crippen MR) is 80.2 cm³/mol. The van der Waals surface area contributed by atoms with Crippen molar-refractivity contribution >= 4 is 29.5 Å². The largest absolute Gasteiger partial charge is 0.465 e. The third-order valence-electron chi connectivity index (χ3n) is 2.73. The maximum absolute atomic E-state index is 14.6. The summed E-state index contributed by atoms with van der Waals surface area (Å²) in [5.41, 5.74) is -5.61. The molecule has 130 valence electrons. The molecule has 0 atom stereocenters. The number of hydrogen-bond donors (Lipinski definition) is 0. The predicted octanol–water partition coefficient (Wildman–Crippen LogP) is 4.69. The summed E-state index contributed by atoms with van der Waals surface area (Å²) < 4.78 is 68.8. The molecule has 1 rings (SSSR count). The van der Waals surface area contributed by atoms with Gasteiger partial charge in [0.15, 0.2) is 0 Å². The van der Waals surface area contributed by atoms with Crippen LogP contribution in [0.1, 0.15) is 29.8 Å². The molecule has 0 unspecified atom stereocenters. The van der Waals surface area contributed by atoms with Gasteiger partial charge in [-0.2, -0.15) is 8.78 Å². The van der Waals surface area contributed by atoms with E-state index in [1.54, 1.807) is 0 Å².